The van der Waals surface area contributed by atoms with Crippen molar-refractivity contribution in [3.05, 3.63) is 68.0 Å². The van der Waals surface area contributed by atoms with Crippen molar-refractivity contribution in [2.24, 2.45) is 0 Å². The highest BCUT2D eigenvalue weighted by Gasteiger charge is 2.35. The van der Waals surface area contributed by atoms with E-state index >= 15 is 0 Å². The number of halogens is 2. The minimum absolute atomic E-state index is 0.172. The SMILES string of the molecule is Cc1cc(/C=C2/SC(=O)N(Cc3ccc(Cl)c(Cl)c3)C2=O)ccc1N1CCCC1. The number of carbonyl (C=O) groups is 2. The molecule has 0 atom stereocenters. The fourth-order valence-electron chi connectivity index (χ4n) is 3.69. The Labute approximate surface area is 184 Å². The van der Waals surface area contributed by atoms with E-state index in [0.29, 0.717) is 15.0 Å². The number of aryl methyl sites for hydroxylation is 1. The lowest BCUT2D eigenvalue weighted by Crippen LogP contribution is -2.27. The number of carbonyl (C=O) groups excluding carboxylic acids is 2. The zero-order valence-corrected chi connectivity index (χ0v) is 18.3. The van der Waals surface area contributed by atoms with Crippen molar-refractivity contribution < 1.29 is 9.59 Å². The molecule has 2 amide bonds. The molecule has 0 unspecified atom stereocenters. The van der Waals surface area contributed by atoms with Gasteiger partial charge in [-0.25, -0.2) is 0 Å². The Balaban J connectivity index is 1.52. The Hall–Kier alpha value is -1.95. The monoisotopic (exact) mass is 446 g/mol. The van der Waals surface area contributed by atoms with Crippen LogP contribution in [0, 0.1) is 6.92 Å². The maximum atomic E-state index is 12.8. The fraction of sp³-hybridized carbons (Fsp3) is 0.273. The minimum Gasteiger partial charge on any atom is -0.371 e. The van der Waals surface area contributed by atoms with Crippen LogP contribution >= 0.6 is 35.0 Å². The summed E-state index contributed by atoms with van der Waals surface area (Å²) in [6, 6.07) is 11.3. The maximum absolute atomic E-state index is 12.8. The van der Waals surface area contributed by atoms with Crippen molar-refractivity contribution in [2.75, 3.05) is 18.0 Å². The molecule has 0 bridgehead atoms. The van der Waals surface area contributed by atoms with E-state index in [4.69, 9.17) is 23.2 Å². The lowest BCUT2D eigenvalue weighted by atomic mass is 10.1. The van der Waals surface area contributed by atoms with E-state index in [0.717, 1.165) is 36.0 Å². The van der Waals surface area contributed by atoms with E-state index < -0.39 is 0 Å². The highest BCUT2D eigenvalue weighted by atomic mass is 35.5. The molecule has 2 saturated heterocycles. The molecule has 4 rings (SSSR count). The van der Waals surface area contributed by atoms with Crippen molar-refractivity contribution in [3.8, 4) is 0 Å². The van der Waals surface area contributed by atoms with Crippen molar-refractivity contribution in [2.45, 2.75) is 26.3 Å². The molecule has 2 aromatic carbocycles. The molecular formula is C22H20Cl2N2O2S. The number of hydrogen-bond acceptors (Lipinski definition) is 4. The van der Waals surface area contributed by atoms with Crippen LogP contribution in [0.25, 0.3) is 6.08 Å². The zero-order chi connectivity index (χ0) is 20.5. The number of rotatable bonds is 4. The second-order valence-corrected chi connectivity index (χ2v) is 9.06. The standard InChI is InChI=1S/C22H20Cl2N2O2S/c1-14-10-15(5-7-19(14)25-8-2-3-9-25)12-20-21(27)26(22(28)29-20)13-16-4-6-17(23)18(24)11-16/h4-7,10-12H,2-3,8-9,13H2,1H3/b20-12+. The summed E-state index contributed by atoms with van der Waals surface area (Å²) in [5, 5.41) is 0.565. The van der Waals surface area contributed by atoms with Crippen LogP contribution in [0.2, 0.25) is 10.0 Å². The second-order valence-electron chi connectivity index (χ2n) is 7.26. The minimum atomic E-state index is -0.285. The predicted molar refractivity (Wildman–Crippen MR) is 121 cm³/mol. The van der Waals surface area contributed by atoms with Gasteiger partial charge in [-0.1, -0.05) is 35.3 Å². The number of amides is 2. The smallest absolute Gasteiger partial charge is 0.293 e. The highest BCUT2D eigenvalue weighted by molar-refractivity contribution is 8.18. The van der Waals surface area contributed by atoms with Crippen LogP contribution < -0.4 is 4.90 Å². The van der Waals surface area contributed by atoms with E-state index in [1.807, 2.05) is 6.07 Å². The molecule has 0 saturated carbocycles. The summed E-state index contributed by atoms with van der Waals surface area (Å²) in [4.78, 5) is 29.2. The molecule has 0 N–H and O–H groups in total. The van der Waals surface area contributed by atoms with Gasteiger partial charge in [0.05, 0.1) is 21.5 Å². The van der Waals surface area contributed by atoms with Crippen LogP contribution in [0.15, 0.2) is 41.3 Å². The Kier molecular flexibility index (Phi) is 5.91. The lowest BCUT2D eigenvalue weighted by Gasteiger charge is -2.20. The van der Waals surface area contributed by atoms with E-state index in [1.165, 1.54) is 29.0 Å². The average molecular weight is 447 g/mol. The quantitative estimate of drug-likeness (QED) is 0.528. The molecule has 2 aliphatic heterocycles. The summed E-state index contributed by atoms with van der Waals surface area (Å²) in [7, 11) is 0. The molecule has 4 nitrogen and oxygen atoms in total. The lowest BCUT2D eigenvalue weighted by molar-refractivity contribution is -0.123. The number of hydrogen-bond donors (Lipinski definition) is 0. The Bertz CT molecular complexity index is 1020. The molecule has 0 aliphatic carbocycles. The van der Waals surface area contributed by atoms with Gasteiger partial charge >= 0.3 is 0 Å². The predicted octanol–water partition coefficient (Wildman–Crippen LogP) is 6.14. The van der Waals surface area contributed by atoms with Crippen LogP contribution in [0.3, 0.4) is 0 Å². The van der Waals surface area contributed by atoms with Gasteiger partial charge in [0.2, 0.25) is 0 Å². The molecule has 2 fully saturated rings. The largest absolute Gasteiger partial charge is 0.371 e. The van der Waals surface area contributed by atoms with Gasteiger partial charge in [0.1, 0.15) is 0 Å². The zero-order valence-electron chi connectivity index (χ0n) is 16.0. The molecule has 150 valence electrons. The Morgan fingerprint density at radius 1 is 1.03 bits per heavy atom. The Morgan fingerprint density at radius 3 is 2.48 bits per heavy atom. The molecule has 7 heteroatoms. The van der Waals surface area contributed by atoms with Crippen LogP contribution in [-0.4, -0.2) is 29.1 Å². The van der Waals surface area contributed by atoms with Crippen LogP contribution in [0.5, 0.6) is 0 Å². The topological polar surface area (TPSA) is 40.6 Å². The first kappa shape index (κ1) is 20.3. The second kappa shape index (κ2) is 8.42. The summed E-state index contributed by atoms with van der Waals surface area (Å²) in [5.41, 5.74) is 4.10. The molecule has 29 heavy (non-hydrogen) atoms. The number of imide groups is 1. The highest BCUT2D eigenvalue weighted by Crippen LogP contribution is 2.35. The number of anilines is 1. The van der Waals surface area contributed by atoms with Gasteiger partial charge in [0.15, 0.2) is 0 Å². The summed E-state index contributed by atoms with van der Waals surface area (Å²) >= 11 is 12.9. The molecule has 0 spiro atoms. The van der Waals surface area contributed by atoms with Gasteiger partial charge in [-0.15, -0.1) is 0 Å². The van der Waals surface area contributed by atoms with Crippen LogP contribution in [0.1, 0.15) is 29.5 Å². The molecule has 2 aliphatic rings. The van der Waals surface area contributed by atoms with Gasteiger partial charge in [0.25, 0.3) is 11.1 Å². The van der Waals surface area contributed by atoms with Crippen molar-refractivity contribution in [1.82, 2.24) is 4.90 Å². The van der Waals surface area contributed by atoms with Gasteiger partial charge in [-0.05, 0) is 78.6 Å². The number of thioether (sulfide) groups is 1. The first-order chi connectivity index (χ1) is 13.9. The van der Waals surface area contributed by atoms with E-state index in [9.17, 15) is 9.59 Å². The number of benzene rings is 2. The summed E-state index contributed by atoms with van der Waals surface area (Å²) in [5.74, 6) is -0.285. The summed E-state index contributed by atoms with van der Waals surface area (Å²) in [6.45, 7) is 4.44. The van der Waals surface area contributed by atoms with Crippen molar-refractivity contribution in [1.29, 1.82) is 0 Å². The van der Waals surface area contributed by atoms with E-state index in [1.54, 1.807) is 24.3 Å². The first-order valence-electron chi connectivity index (χ1n) is 9.47. The third kappa shape index (κ3) is 4.32. The van der Waals surface area contributed by atoms with Crippen LogP contribution in [-0.2, 0) is 11.3 Å². The molecule has 0 radical (unpaired) electrons. The molecule has 2 aromatic rings. The van der Waals surface area contributed by atoms with Gasteiger partial charge in [0, 0.05) is 18.8 Å². The van der Waals surface area contributed by atoms with E-state index in [-0.39, 0.29) is 17.7 Å². The third-order valence-electron chi connectivity index (χ3n) is 5.16. The molecule has 0 aromatic heterocycles. The Morgan fingerprint density at radius 2 is 1.79 bits per heavy atom. The van der Waals surface area contributed by atoms with Crippen LogP contribution in [0.4, 0.5) is 10.5 Å². The van der Waals surface area contributed by atoms with Crippen molar-refractivity contribution in [3.63, 3.8) is 0 Å². The normalized spacial score (nSPS) is 18.4. The molecule has 2 heterocycles. The fourth-order valence-corrected chi connectivity index (χ4v) is 4.85. The van der Waals surface area contributed by atoms with Gasteiger partial charge in [-0.3, -0.25) is 14.5 Å². The molecular weight excluding hydrogens is 427 g/mol. The van der Waals surface area contributed by atoms with Crippen molar-refractivity contribution >= 4 is 57.9 Å². The first-order valence-corrected chi connectivity index (χ1v) is 11.0. The summed E-state index contributed by atoms with van der Waals surface area (Å²) < 4.78 is 0. The number of nitrogens with zero attached hydrogens (tertiary/aromatic N) is 2. The van der Waals surface area contributed by atoms with E-state index in [2.05, 4.69) is 24.0 Å². The summed E-state index contributed by atoms with van der Waals surface area (Å²) in [6.07, 6.45) is 4.25. The van der Waals surface area contributed by atoms with Gasteiger partial charge < -0.3 is 4.90 Å². The maximum Gasteiger partial charge on any atom is 0.293 e. The average Bonchev–Trinajstić information content (AvgIpc) is 3.30. The third-order valence-corrected chi connectivity index (χ3v) is 6.81. The van der Waals surface area contributed by atoms with Gasteiger partial charge in [-0.2, -0.15) is 0 Å².